The van der Waals surface area contributed by atoms with E-state index in [0.29, 0.717) is 22.4 Å². The van der Waals surface area contributed by atoms with Gasteiger partial charge in [0.25, 0.3) is 0 Å². The number of pyridine rings is 1. The van der Waals surface area contributed by atoms with Crippen molar-refractivity contribution in [1.29, 1.82) is 0 Å². The summed E-state index contributed by atoms with van der Waals surface area (Å²) in [5.41, 5.74) is 2.91. The van der Waals surface area contributed by atoms with Crippen LogP contribution in [-0.2, 0) is 0 Å². The predicted octanol–water partition coefficient (Wildman–Crippen LogP) is 3.26. The highest BCUT2D eigenvalue weighted by molar-refractivity contribution is 6.32. The van der Waals surface area contributed by atoms with Crippen LogP contribution < -0.4 is 10.9 Å². The van der Waals surface area contributed by atoms with Crippen molar-refractivity contribution in [2.24, 2.45) is 0 Å². The number of aromatic nitrogens is 4. The van der Waals surface area contributed by atoms with Crippen molar-refractivity contribution < 1.29 is 4.74 Å². The maximum atomic E-state index is 6.15. The van der Waals surface area contributed by atoms with Crippen molar-refractivity contribution in [3.8, 4) is 17.1 Å². The summed E-state index contributed by atoms with van der Waals surface area (Å²) in [5, 5.41) is 0.332. The zero-order valence-corrected chi connectivity index (χ0v) is 12.2. The molecule has 3 N–H and O–H groups in total. The maximum Gasteiger partial charge on any atom is 0.222 e. The van der Waals surface area contributed by atoms with Gasteiger partial charge in [0.1, 0.15) is 0 Å². The number of halogens is 1. The summed E-state index contributed by atoms with van der Waals surface area (Å²) in [4.78, 5) is 12.7. The van der Waals surface area contributed by atoms with Gasteiger partial charge >= 0.3 is 0 Å². The predicted molar refractivity (Wildman–Crippen MR) is 82.9 cm³/mol. The Morgan fingerprint density at radius 3 is 2.90 bits per heavy atom. The Kier molecular flexibility index (Phi) is 4.21. The molecule has 0 saturated carbocycles. The van der Waals surface area contributed by atoms with Crippen LogP contribution in [0.2, 0.25) is 5.15 Å². The van der Waals surface area contributed by atoms with Crippen molar-refractivity contribution in [3.05, 3.63) is 48.1 Å². The molecule has 3 heterocycles. The fourth-order valence-electron chi connectivity index (χ4n) is 1.95. The van der Waals surface area contributed by atoms with Crippen molar-refractivity contribution in [3.63, 3.8) is 0 Å². The molecule has 0 aromatic carbocycles. The molecule has 0 fully saturated rings. The highest BCUT2D eigenvalue weighted by atomic mass is 35.5. The first-order chi connectivity index (χ1) is 9.72. The fourth-order valence-corrected chi connectivity index (χ4v) is 2.19. The molecule has 0 aliphatic carbocycles. The van der Waals surface area contributed by atoms with Gasteiger partial charge in [0.05, 0.1) is 18.4 Å². The number of methoxy groups -OCH3 is 1. The fraction of sp³-hybridized carbons (Fsp3) is 0.0714. The summed E-state index contributed by atoms with van der Waals surface area (Å²) in [6.07, 6.45) is 8.71. The molecular formula is C14H14ClN5O. The summed E-state index contributed by atoms with van der Waals surface area (Å²) in [6.45, 7) is 3.74. The van der Waals surface area contributed by atoms with E-state index in [-0.39, 0.29) is 6.15 Å². The molecule has 108 valence electrons. The minimum atomic E-state index is 0. The lowest BCUT2D eigenvalue weighted by molar-refractivity contribution is 0.399. The number of fused-ring (bicyclic) bond motifs is 1. The lowest BCUT2D eigenvalue weighted by Crippen LogP contribution is -1.97. The summed E-state index contributed by atoms with van der Waals surface area (Å²) < 4.78 is 7.09. The van der Waals surface area contributed by atoms with Crippen LogP contribution in [0.1, 0.15) is 5.56 Å². The standard InChI is InChI=1S/C14H11ClN4O.H3N/c1-3-9-6-10(14(20-2)17-7-9)11-8-19-5-4-16-13(19)12(15)18-11;/h3-8H,1H2,2H3;1H3. The minimum absolute atomic E-state index is 0. The molecule has 3 aromatic rings. The van der Waals surface area contributed by atoms with Crippen LogP contribution in [0.3, 0.4) is 0 Å². The first-order valence-electron chi connectivity index (χ1n) is 5.89. The Hall–Kier alpha value is -2.44. The SMILES string of the molecule is C=Cc1cnc(OC)c(-c2cn3ccnc3c(Cl)n2)c1.N. The Labute approximate surface area is 126 Å². The first-order valence-corrected chi connectivity index (χ1v) is 6.27. The van der Waals surface area contributed by atoms with Gasteiger partial charge in [-0.3, -0.25) is 0 Å². The quantitative estimate of drug-likeness (QED) is 0.802. The van der Waals surface area contributed by atoms with Gasteiger partial charge in [-0.15, -0.1) is 0 Å². The molecule has 0 bridgehead atoms. The Morgan fingerprint density at radius 1 is 1.38 bits per heavy atom. The third-order valence-corrected chi connectivity index (χ3v) is 3.16. The maximum absolute atomic E-state index is 6.15. The van der Waals surface area contributed by atoms with Crippen molar-refractivity contribution in [2.45, 2.75) is 0 Å². The number of hydrogen-bond acceptors (Lipinski definition) is 5. The molecule has 7 heteroatoms. The second kappa shape index (κ2) is 5.90. The van der Waals surface area contributed by atoms with Crippen molar-refractivity contribution in [2.75, 3.05) is 7.11 Å². The van der Waals surface area contributed by atoms with E-state index in [1.807, 2.05) is 22.9 Å². The molecule has 0 aliphatic heterocycles. The van der Waals surface area contributed by atoms with Crippen LogP contribution >= 0.6 is 11.6 Å². The molecule has 3 rings (SSSR count). The third-order valence-electron chi connectivity index (χ3n) is 2.91. The summed E-state index contributed by atoms with van der Waals surface area (Å²) in [5.74, 6) is 0.485. The van der Waals surface area contributed by atoms with E-state index in [2.05, 4.69) is 21.5 Å². The van der Waals surface area contributed by atoms with Crippen LogP contribution in [0.25, 0.3) is 23.0 Å². The van der Waals surface area contributed by atoms with Crippen molar-refractivity contribution in [1.82, 2.24) is 25.5 Å². The normalized spacial score (nSPS) is 10.2. The molecule has 0 radical (unpaired) electrons. The zero-order valence-electron chi connectivity index (χ0n) is 11.5. The van der Waals surface area contributed by atoms with Gasteiger partial charge < -0.3 is 15.3 Å². The minimum Gasteiger partial charge on any atom is -0.481 e. The zero-order chi connectivity index (χ0) is 14.1. The molecule has 0 amide bonds. The van der Waals surface area contributed by atoms with Crippen LogP contribution in [0, 0.1) is 0 Å². The first kappa shape index (κ1) is 15.0. The lowest BCUT2D eigenvalue weighted by atomic mass is 10.1. The number of ether oxygens (including phenoxy) is 1. The molecule has 0 spiro atoms. The Bertz CT molecular complexity index is 799. The van der Waals surface area contributed by atoms with Gasteiger partial charge in [-0.1, -0.05) is 24.3 Å². The third kappa shape index (κ3) is 2.58. The van der Waals surface area contributed by atoms with Gasteiger partial charge in [-0.25, -0.2) is 15.0 Å². The molecule has 0 atom stereocenters. The molecular weight excluding hydrogens is 290 g/mol. The number of imidazole rings is 1. The Morgan fingerprint density at radius 2 is 2.19 bits per heavy atom. The highest BCUT2D eigenvalue weighted by Gasteiger charge is 2.13. The van der Waals surface area contributed by atoms with Crippen LogP contribution in [-0.4, -0.2) is 26.5 Å². The van der Waals surface area contributed by atoms with Crippen LogP contribution in [0.4, 0.5) is 0 Å². The van der Waals surface area contributed by atoms with E-state index in [0.717, 1.165) is 11.1 Å². The van der Waals surface area contributed by atoms with Crippen LogP contribution in [0.15, 0.2) is 37.4 Å². The Balaban J connectivity index is 0.00000161. The number of rotatable bonds is 3. The summed E-state index contributed by atoms with van der Waals surface area (Å²) in [7, 11) is 1.57. The van der Waals surface area contributed by atoms with E-state index >= 15 is 0 Å². The summed E-state index contributed by atoms with van der Waals surface area (Å²) >= 11 is 6.15. The monoisotopic (exact) mass is 303 g/mol. The molecule has 0 aliphatic rings. The lowest BCUT2D eigenvalue weighted by Gasteiger charge is -2.09. The van der Waals surface area contributed by atoms with E-state index in [1.54, 1.807) is 25.6 Å². The molecule has 0 saturated heterocycles. The van der Waals surface area contributed by atoms with Gasteiger partial charge in [0.15, 0.2) is 10.8 Å². The van der Waals surface area contributed by atoms with Gasteiger partial charge in [-0.05, 0) is 11.6 Å². The number of hydrogen-bond donors (Lipinski definition) is 1. The molecule has 0 unspecified atom stereocenters. The van der Waals surface area contributed by atoms with Gasteiger partial charge in [0, 0.05) is 24.8 Å². The highest BCUT2D eigenvalue weighted by Crippen LogP contribution is 2.29. The largest absolute Gasteiger partial charge is 0.481 e. The second-order valence-electron chi connectivity index (χ2n) is 4.10. The summed E-state index contributed by atoms with van der Waals surface area (Å²) in [6, 6.07) is 1.90. The molecule has 6 nitrogen and oxygen atoms in total. The topological polar surface area (TPSA) is 87.3 Å². The van der Waals surface area contributed by atoms with E-state index < -0.39 is 0 Å². The van der Waals surface area contributed by atoms with E-state index in [9.17, 15) is 0 Å². The van der Waals surface area contributed by atoms with Gasteiger partial charge in [0.2, 0.25) is 5.88 Å². The second-order valence-corrected chi connectivity index (χ2v) is 4.46. The average molecular weight is 304 g/mol. The van der Waals surface area contributed by atoms with Crippen molar-refractivity contribution >= 4 is 23.3 Å². The smallest absolute Gasteiger partial charge is 0.222 e. The average Bonchev–Trinajstić information content (AvgIpc) is 2.95. The molecule has 3 aromatic heterocycles. The van der Waals surface area contributed by atoms with E-state index in [1.165, 1.54) is 0 Å². The van der Waals surface area contributed by atoms with E-state index in [4.69, 9.17) is 16.3 Å². The molecule has 21 heavy (non-hydrogen) atoms. The number of nitrogens with zero attached hydrogens (tertiary/aromatic N) is 4. The van der Waals surface area contributed by atoms with Crippen LogP contribution in [0.5, 0.6) is 5.88 Å². The van der Waals surface area contributed by atoms with Gasteiger partial charge in [-0.2, -0.15) is 0 Å².